The third-order valence-corrected chi connectivity index (χ3v) is 5.48. The monoisotopic (exact) mass is 487 g/mol. The molecule has 2 aromatic heterocycles. The van der Waals surface area contributed by atoms with Gasteiger partial charge in [-0.15, -0.1) is 0 Å². The average molecular weight is 488 g/mol. The summed E-state index contributed by atoms with van der Waals surface area (Å²) in [4.78, 5) is 30.3. The van der Waals surface area contributed by atoms with Gasteiger partial charge in [0.05, 0.1) is 16.6 Å². The van der Waals surface area contributed by atoms with E-state index in [2.05, 4.69) is 10.3 Å². The Kier molecular flexibility index (Phi) is 8.16. The number of hydrogen-bond acceptors (Lipinski definition) is 5. The van der Waals surface area contributed by atoms with Crippen molar-refractivity contribution in [2.45, 2.75) is 12.5 Å². The van der Waals surface area contributed by atoms with Crippen molar-refractivity contribution < 1.29 is 14.0 Å². The molecule has 9 heteroatoms. The maximum absolute atomic E-state index is 13.1. The van der Waals surface area contributed by atoms with Crippen molar-refractivity contribution in [3.8, 4) is 11.5 Å². The van der Waals surface area contributed by atoms with Crippen LogP contribution in [0.1, 0.15) is 11.3 Å². The number of aldehydes is 1. The number of rotatable bonds is 9. The van der Waals surface area contributed by atoms with Gasteiger partial charge in [-0.2, -0.15) is 0 Å². The minimum absolute atomic E-state index is 0.158. The van der Waals surface area contributed by atoms with Crippen LogP contribution in [0.25, 0.3) is 17.5 Å². The van der Waals surface area contributed by atoms with E-state index in [1.807, 2.05) is 30.3 Å². The highest BCUT2D eigenvalue weighted by molar-refractivity contribution is 7.78. The number of carbonyl (C=O) groups is 2. The van der Waals surface area contributed by atoms with Crippen LogP contribution >= 0.6 is 35.4 Å². The largest absolute Gasteiger partial charge is 0.455 e. The summed E-state index contributed by atoms with van der Waals surface area (Å²) in [6, 6.07) is 15.5. The van der Waals surface area contributed by atoms with Crippen molar-refractivity contribution in [2.75, 3.05) is 7.05 Å². The Morgan fingerprint density at radius 1 is 1.19 bits per heavy atom. The fourth-order valence-corrected chi connectivity index (χ4v) is 3.35. The van der Waals surface area contributed by atoms with Crippen molar-refractivity contribution in [1.82, 2.24) is 15.2 Å². The fraction of sp³-hybridized carbons (Fsp3) is 0.130. The van der Waals surface area contributed by atoms with E-state index in [1.54, 1.807) is 31.3 Å². The average Bonchev–Trinajstić information content (AvgIpc) is 3.27. The first kappa shape index (κ1) is 23.7. The molecule has 0 spiro atoms. The molecule has 0 fully saturated rings. The molecule has 0 bridgehead atoms. The highest BCUT2D eigenvalue weighted by Gasteiger charge is 2.23. The van der Waals surface area contributed by atoms with Crippen LogP contribution in [0, 0.1) is 0 Å². The van der Waals surface area contributed by atoms with Crippen molar-refractivity contribution in [3.63, 3.8) is 0 Å². The van der Waals surface area contributed by atoms with Gasteiger partial charge in [0.1, 0.15) is 28.6 Å². The smallest absolute Gasteiger partial charge is 0.270 e. The summed E-state index contributed by atoms with van der Waals surface area (Å²) in [6.07, 6.45) is 2.65. The Balaban J connectivity index is 1.82. The minimum atomic E-state index is -0.646. The first-order valence-electron chi connectivity index (χ1n) is 9.53. The molecular weight excluding hydrogens is 469 g/mol. The molecule has 1 unspecified atom stereocenters. The Labute approximate surface area is 200 Å². The Morgan fingerprint density at radius 2 is 1.94 bits per heavy atom. The van der Waals surface area contributed by atoms with Crippen LogP contribution < -0.4 is 5.32 Å². The standard InChI is InChI=1S/C23H19Cl2N3O3S/c1-28(16(13-29)11-15-5-3-2-4-6-15)23(30)20(26-14-32)12-17-7-10-21(31-17)19-9-8-18(24)22(25)27-19/h2-10,12-14,16H,11H2,1H3,(H,26,32)/b20-12+. The number of thiocarbonyl (C=S) groups is 1. The van der Waals surface area contributed by atoms with Gasteiger partial charge in [-0.25, -0.2) is 4.98 Å². The predicted octanol–water partition coefficient (Wildman–Crippen LogP) is 4.80. The molecule has 1 amide bonds. The van der Waals surface area contributed by atoms with Crippen molar-refractivity contribution in [3.05, 3.63) is 81.8 Å². The third kappa shape index (κ3) is 5.82. The lowest BCUT2D eigenvalue weighted by molar-refractivity contribution is -0.131. The van der Waals surface area contributed by atoms with E-state index in [0.717, 1.165) is 11.8 Å². The SMILES string of the molecule is CN(C(=O)/C(=C\c1ccc(-c2ccc(Cl)c(Cl)n2)o1)NC=S)C(C=O)Cc1ccccc1. The molecule has 2 heterocycles. The van der Waals surface area contributed by atoms with Gasteiger partial charge in [-0.05, 0) is 36.2 Å². The van der Waals surface area contributed by atoms with Crippen LogP contribution in [0.3, 0.4) is 0 Å². The number of likely N-dealkylation sites (N-methyl/N-ethyl adjacent to an activating group) is 1. The minimum Gasteiger partial charge on any atom is -0.455 e. The summed E-state index contributed by atoms with van der Waals surface area (Å²) >= 11 is 16.8. The summed E-state index contributed by atoms with van der Waals surface area (Å²) < 4.78 is 5.78. The van der Waals surface area contributed by atoms with Gasteiger partial charge in [-0.1, -0.05) is 65.8 Å². The molecule has 164 valence electrons. The molecular formula is C23H19Cl2N3O3S. The van der Waals surface area contributed by atoms with Crippen molar-refractivity contribution >= 4 is 59.2 Å². The van der Waals surface area contributed by atoms with E-state index in [9.17, 15) is 9.59 Å². The van der Waals surface area contributed by atoms with Crippen LogP contribution in [0.5, 0.6) is 0 Å². The van der Waals surface area contributed by atoms with Gasteiger partial charge >= 0.3 is 0 Å². The molecule has 6 nitrogen and oxygen atoms in total. The molecule has 0 aliphatic rings. The molecule has 1 N–H and O–H groups in total. The highest BCUT2D eigenvalue weighted by Crippen LogP contribution is 2.27. The zero-order chi connectivity index (χ0) is 23.1. The molecule has 0 saturated carbocycles. The number of furan rings is 1. The van der Waals surface area contributed by atoms with E-state index >= 15 is 0 Å². The van der Waals surface area contributed by atoms with Crippen LogP contribution in [-0.2, 0) is 16.0 Å². The number of nitrogens with zero attached hydrogens (tertiary/aromatic N) is 2. The Morgan fingerprint density at radius 3 is 2.59 bits per heavy atom. The van der Waals surface area contributed by atoms with E-state index in [0.29, 0.717) is 28.7 Å². The van der Waals surface area contributed by atoms with Crippen LogP contribution in [0.2, 0.25) is 10.2 Å². The Bertz CT molecular complexity index is 1150. The molecule has 1 aromatic carbocycles. The number of carbonyl (C=O) groups excluding carboxylic acids is 2. The van der Waals surface area contributed by atoms with Gasteiger partial charge in [-0.3, -0.25) is 4.79 Å². The number of pyridine rings is 1. The highest BCUT2D eigenvalue weighted by atomic mass is 35.5. The summed E-state index contributed by atoms with van der Waals surface area (Å²) in [5.74, 6) is 0.427. The fourth-order valence-electron chi connectivity index (χ4n) is 2.97. The number of aromatic nitrogens is 1. The molecule has 0 radical (unpaired) electrons. The number of hydrogen-bond donors (Lipinski definition) is 1. The zero-order valence-electron chi connectivity index (χ0n) is 17.0. The van der Waals surface area contributed by atoms with Crippen molar-refractivity contribution in [2.24, 2.45) is 0 Å². The van der Waals surface area contributed by atoms with Crippen molar-refractivity contribution in [1.29, 1.82) is 0 Å². The molecule has 3 rings (SSSR count). The van der Waals surface area contributed by atoms with Gasteiger partial charge in [0.2, 0.25) is 0 Å². The third-order valence-electron chi connectivity index (χ3n) is 4.68. The first-order chi connectivity index (χ1) is 15.4. The number of halogens is 2. The van der Waals surface area contributed by atoms with Crippen LogP contribution in [0.4, 0.5) is 0 Å². The van der Waals surface area contributed by atoms with Crippen LogP contribution in [-0.4, -0.2) is 40.7 Å². The molecule has 0 aliphatic carbocycles. The van der Waals surface area contributed by atoms with Crippen LogP contribution in [0.15, 0.2) is 64.7 Å². The predicted molar refractivity (Wildman–Crippen MR) is 129 cm³/mol. The lowest BCUT2D eigenvalue weighted by atomic mass is 10.1. The maximum Gasteiger partial charge on any atom is 0.270 e. The van der Waals surface area contributed by atoms with E-state index in [1.165, 1.54) is 16.5 Å². The van der Waals surface area contributed by atoms with E-state index in [4.69, 9.17) is 39.8 Å². The summed E-state index contributed by atoms with van der Waals surface area (Å²) in [7, 11) is 1.57. The normalized spacial score (nSPS) is 12.2. The molecule has 0 saturated heterocycles. The summed E-state index contributed by atoms with van der Waals surface area (Å²) in [5, 5.41) is 3.25. The molecule has 32 heavy (non-hydrogen) atoms. The van der Waals surface area contributed by atoms with Gasteiger partial charge < -0.3 is 19.4 Å². The molecule has 1 atom stereocenters. The lowest BCUT2D eigenvalue weighted by Crippen LogP contribution is -2.42. The quantitative estimate of drug-likeness (QED) is 0.202. The van der Waals surface area contributed by atoms with E-state index < -0.39 is 11.9 Å². The van der Waals surface area contributed by atoms with E-state index in [-0.39, 0.29) is 10.9 Å². The maximum atomic E-state index is 13.1. The summed E-state index contributed by atoms with van der Waals surface area (Å²) in [6.45, 7) is 0. The lowest BCUT2D eigenvalue weighted by Gasteiger charge is -2.25. The first-order valence-corrected chi connectivity index (χ1v) is 10.8. The number of nitrogens with one attached hydrogen (secondary N) is 1. The topological polar surface area (TPSA) is 75.4 Å². The summed E-state index contributed by atoms with van der Waals surface area (Å²) in [5.41, 5.74) is 2.82. The molecule has 0 aliphatic heterocycles. The van der Waals surface area contributed by atoms with Gasteiger partial charge in [0, 0.05) is 13.1 Å². The Hall–Kier alpha value is -3.00. The van der Waals surface area contributed by atoms with Gasteiger partial charge in [0.15, 0.2) is 5.76 Å². The van der Waals surface area contributed by atoms with Gasteiger partial charge in [0.25, 0.3) is 5.91 Å². The number of benzene rings is 1. The zero-order valence-corrected chi connectivity index (χ0v) is 19.3. The second-order valence-electron chi connectivity index (χ2n) is 6.80. The number of amides is 1. The second-order valence-corrected chi connectivity index (χ2v) is 7.80. The second kappa shape index (κ2) is 11.0. The molecule has 3 aromatic rings.